The third kappa shape index (κ3) is 12.6. The molecule has 6 heteroatoms. The van der Waals surface area contributed by atoms with Crippen molar-refractivity contribution in [3.05, 3.63) is 0 Å². The number of aliphatic hydroxyl groups excluding tert-OH is 1. The van der Waals surface area contributed by atoms with Gasteiger partial charge in [0, 0.05) is 6.54 Å². The average Bonchev–Trinajstić information content (AvgIpc) is 2.45. The van der Waals surface area contributed by atoms with E-state index in [1.54, 1.807) is 0 Å². The first-order valence-corrected chi connectivity index (χ1v) is 8.33. The van der Waals surface area contributed by atoms with Crippen molar-refractivity contribution >= 4 is 11.9 Å². The van der Waals surface area contributed by atoms with E-state index < -0.39 is 30.5 Å². The summed E-state index contributed by atoms with van der Waals surface area (Å²) in [5.41, 5.74) is 0. The Labute approximate surface area is 132 Å². The molecule has 0 fully saturated rings. The molecule has 0 saturated heterocycles. The minimum absolute atomic E-state index is 0.112. The summed E-state index contributed by atoms with van der Waals surface area (Å²) in [5, 5.41) is 29.9. The van der Waals surface area contributed by atoms with Crippen molar-refractivity contribution in [2.24, 2.45) is 0 Å². The molecule has 1 unspecified atom stereocenters. The number of hydrogen-bond donors (Lipinski definition) is 4. The average molecular weight is 317 g/mol. The molecule has 0 saturated carbocycles. The molecule has 130 valence electrons. The Morgan fingerprint density at radius 2 is 1.50 bits per heavy atom. The predicted molar refractivity (Wildman–Crippen MR) is 84.9 cm³/mol. The van der Waals surface area contributed by atoms with E-state index in [0.717, 1.165) is 12.8 Å². The van der Waals surface area contributed by atoms with Gasteiger partial charge >= 0.3 is 11.9 Å². The first-order chi connectivity index (χ1) is 10.5. The summed E-state index contributed by atoms with van der Waals surface area (Å²) < 4.78 is 0. The van der Waals surface area contributed by atoms with Gasteiger partial charge in [0.25, 0.3) is 0 Å². The van der Waals surface area contributed by atoms with Crippen LogP contribution in [-0.4, -0.2) is 45.9 Å². The van der Waals surface area contributed by atoms with Crippen LogP contribution in [0.5, 0.6) is 0 Å². The SMILES string of the molecule is CCCCCCCCCCC(O)CN[C@@H](CC(=O)O)C(=O)O. The van der Waals surface area contributed by atoms with E-state index in [2.05, 4.69) is 12.2 Å². The van der Waals surface area contributed by atoms with Gasteiger partial charge in [0.2, 0.25) is 0 Å². The Balaban J connectivity index is 3.61. The number of carboxylic acid groups (broad SMARTS) is 2. The monoisotopic (exact) mass is 317 g/mol. The van der Waals surface area contributed by atoms with Crippen LogP contribution in [0.15, 0.2) is 0 Å². The van der Waals surface area contributed by atoms with Gasteiger partial charge < -0.3 is 20.6 Å². The van der Waals surface area contributed by atoms with Gasteiger partial charge in [0.05, 0.1) is 12.5 Å². The van der Waals surface area contributed by atoms with Gasteiger partial charge in [-0.15, -0.1) is 0 Å². The summed E-state index contributed by atoms with van der Waals surface area (Å²) in [6, 6.07) is -1.15. The number of nitrogens with one attached hydrogen (secondary N) is 1. The Kier molecular flexibility index (Phi) is 12.8. The summed E-state index contributed by atoms with van der Waals surface area (Å²) in [4.78, 5) is 21.4. The molecule has 0 rings (SSSR count). The van der Waals surface area contributed by atoms with Crippen LogP contribution in [0.2, 0.25) is 0 Å². The van der Waals surface area contributed by atoms with Crippen LogP contribution in [0.3, 0.4) is 0 Å². The van der Waals surface area contributed by atoms with Gasteiger partial charge in [-0.2, -0.15) is 0 Å². The van der Waals surface area contributed by atoms with Gasteiger partial charge in [-0.05, 0) is 6.42 Å². The molecule has 0 aromatic rings. The van der Waals surface area contributed by atoms with E-state index in [-0.39, 0.29) is 6.54 Å². The molecule has 22 heavy (non-hydrogen) atoms. The molecule has 0 aromatic heterocycles. The summed E-state index contributed by atoms with van der Waals surface area (Å²) in [6.07, 6.45) is 8.99. The lowest BCUT2D eigenvalue weighted by molar-refractivity contribution is -0.146. The Hall–Kier alpha value is -1.14. The van der Waals surface area contributed by atoms with Gasteiger partial charge in [0.15, 0.2) is 0 Å². The summed E-state index contributed by atoms with van der Waals surface area (Å²) in [7, 11) is 0. The Morgan fingerprint density at radius 1 is 0.955 bits per heavy atom. The highest BCUT2D eigenvalue weighted by Crippen LogP contribution is 2.10. The highest BCUT2D eigenvalue weighted by molar-refractivity contribution is 5.80. The van der Waals surface area contributed by atoms with Gasteiger partial charge in [-0.3, -0.25) is 9.59 Å². The lowest BCUT2D eigenvalue weighted by Crippen LogP contribution is -2.42. The quantitative estimate of drug-likeness (QED) is 0.346. The van der Waals surface area contributed by atoms with E-state index in [0.29, 0.717) is 6.42 Å². The fraction of sp³-hybridized carbons (Fsp3) is 0.875. The third-order valence-electron chi connectivity index (χ3n) is 3.67. The molecule has 0 bridgehead atoms. The minimum atomic E-state index is -1.21. The molecular weight excluding hydrogens is 286 g/mol. The molecule has 0 radical (unpaired) electrons. The van der Waals surface area contributed by atoms with Crippen LogP contribution >= 0.6 is 0 Å². The highest BCUT2D eigenvalue weighted by Gasteiger charge is 2.21. The van der Waals surface area contributed by atoms with E-state index >= 15 is 0 Å². The van der Waals surface area contributed by atoms with Crippen LogP contribution < -0.4 is 5.32 Å². The normalized spacial score (nSPS) is 13.7. The molecule has 6 nitrogen and oxygen atoms in total. The van der Waals surface area contributed by atoms with Crippen molar-refractivity contribution in [2.45, 2.75) is 83.3 Å². The maximum absolute atomic E-state index is 10.8. The molecule has 4 N–H and O–H groups in total. The van der Waals surface area contributed by atoms with E-state index in [1.807, 2.05) is 0 Å². The van der Waals surface area contributed by atoms with Crippen molar-refractivity contribution in [1.29, 1.82) is 0 Å². The Morgan fingerprint density at radius 3 is 2.00 bits per heavy atom. The number of unbranched alkanes of at least 4 members (excludes halogenated alkanes) is 7. The van der Waals surface area contributed by atoms with Crippen LogP contribution in [0.4, 0.5) is 0 Å². The first-order valence-electron chi connectivity index (χ1n) is 8.33. The van der Waals surface area contributed by atoms with Crippen LogP contribution in [0, 0.1) is 0 Å². The zero-order valence-electron chi connectivity index (χ0n) is 13.6. The maximum Gasteiger partial charge on any atom is 0.321 e. The molecule has 0 aliphatic rings. The van der Waals surface area contributed by atoms with E-state index in [4.69, 9.17) is 10.2 Å². The van der Waals surface area contributed by atoms with Gasteiger partial charge in [-0.25, -0.2) is 0 Å². The highest BCUT2D eigenvalue weighted by atomic mass is 16.4. The second kappa shape index (κ2) is 13.5. The van der Waals surface area contributed by atoms with Crippen LogP contribution in [-0.2, 0) is 9.59 Å². The number of carboxylic acids is 2. The fourth-order valence-electron chi connectivity index (χ4n) is 2.32. The van der Waals surface area contributed by atoms with Crippen molar-refractivity contribution in [3.8, 4) is 0 Å². The molecule has 0 aliphatic carbocycles. The summed E-state index contributed by atoms with van der Waals surface area (Å²) in [6.45, 7) is 2.31. The van der Waals surface area contributed by atoms with Gasteiger partial charge in [-0.1, -0.05) is 58.3 Å². The standard InChI is InChI=1S/C16H31NO5/c1-2-3-4-5-6-7-8-9-10-13(18)12-17-14(16(21)22)11-15(19)20/h13-14,17-18H,2-12H2,1H3,(H,19,20)(H,21,22)/t13?,14-/m0/s1. The number of rotatable bonds is 15. The number of aliphatic carboxylic acids is 2. The molecule has 0 amide bonds. The lowest BCUT2D eigenvalue weighted by atomic mass is 10.1. The second-order valence-corrected chi connectivity index (χ2v) is 5.81. The largest absolute Gasteiger partial charge is 0.481 e. The third-order valence-corrected chi connectivity index (χ3v) is 3.67. The molecule has 0 spiro atoms. The molecule has 0 heterocycles. The van der Waals surface area contributed by atoms with Crippen LogP contribution in [0.1, 0.15) is 71.1 Å². The minimum Gasteiger partial charge on any atom is -0.481 e. The number of carbonyl (C=O) groups is 2. The van der Waals surface area contributed by atoms with Gasteiger partial charge in [0.1, 0.15) is 6.04 Å². The van der Waals surface area contributed by atoms with Crippen molar-refractivity contribution in [3.63, 3.8) is 0 Å². The maximum atomic E-state index is 10.8. The molecule has 2 atom stereocenters. The zero-order valence-corrected chi connectivity index (χ0v) is 13.6. The lowest BCUT2D eigenvalue weighted by Gasteiger charge is -2.16. The predicted octanol–water partition coefficient (Wildman–Crippen LogP) is 2.40. The number of hydrogen-bond acceptors (Lipinski definition) is 4. The fourth-order valence-corrected chi connectivity index (χ4v) is 2.32. The molecule has 0 aromatic carbocycles. The summed E-state index contributed by atoms with van der Waals surface area (Å²) in [5.74, 6) is -2.38. The Bertz CT molecular complexity index is 309. The molecule has 0 aliphatic heterocycles. The zero-order chi connectivity index (χ0) is 16.8. The van der Waals surface area contributed by atoms with Crippen molar-refractivity contribution in [1.82, 2.24) is 5.32 Å². The first kappa shape index (κ1) is 20.9. The van der Waals surface area contributed by atoms with Crippen LogP contribution in [0.25, 0.3) is 0 Å². The second-order valence-electron chi connectivity index (χ2n) is 5.81. The van der Waals surface area contributed by atoms with Crippen molar-refractivity contribution in [2.75, 3.05) is 6.54 Å². The van der Waals surface area contributed by atoms with E-state index in [1.165, 1.54) is 38.5 Å². The number of aliphatic hydroxyl groups is 1. The molecular formula is C16H31NO5. The van der Waals surface area contributed by atoms with Crippen molar-refractivity contribution < 1.29 is 24.9 Å². The topological polar surface area (TPSA) is 107 Å². The smallest absolute Gasteiger partial charge is 0.321 e. The van der Waals surface area contributed by atoms with E-state index in [9.17, 15) is 14.7 Å². The summed E-state index contributed by atoms with van der Waals surface area (Å²) >= 11 is 0.